The molecular formula is C23H29ClFN3O4S. The molecule has 2 rings (SSSR count). The van der Waals surface area contributed by atoms with Gasteiger partial charge in [-0.15, -0.1) is 0 Å². The Hall–Kier alpha value is -2.65. The SMILES string of the molecule is CC[C@H](C)NC(=O)[C@@H](C)N(Cc1cccc(Cl)c1)C(=O)CN(c1cccc(F)c1)S(C)(=O)=O. The molecule has 0 aliphatic heterocycles. The van der Waals surface area contributed by atoms with E-state index in [4.69, 9.17) is 11.6 Å². The minimum absolute atomic E-state index is 0.0188. The molecule has 0 bridgehead atoms. The molecule has 2 atom stereocenters. The van der Waals surface area contributed by atoms with Gasteiger partial charge in [0.2, 0.25) is 21.8 Å². The Morgan fingerprint density at radius 1 is 1.12 bits per heavy atom. The molecule has 0 aliphatic carbocycles. The molecule has 2 amide bonds. The van der Waals surface area contributed by atoms with E-state index < -0.39 is 34.3 Å². The lowest BCUT2D eigenvalue weighted by molar-refractivity contribution is -0.139. The molecule has 0 unspecified atom stereocenters. The van der Waals surface area contributed by atoms with Gasteiger partial charge in [0.05, 0.1) is 11.9 Å². The fourth-order valence-electron chi connectivity index (χ4n) is 3.13. The fraction of sp³-hybridized carbons (Fsp3) is 0.391. The minimum Gasteiger partial charge on any atom is -0.352 e. The number of sulfonamides is 1. The second-order valence-corrected chi connectivity index (χ2v) is 10.2. The van der Waals surface area contributed by atoms with Crippen molar-refractivity contribution in [1.29, 1.82) is 0 Å². The zero-order valence-electron chi connectivity index (χ0n) is 19.1. The van der Waals surface area contributed by atoms with Crippen molar-refractivity contribution >= 4 is 39.1 Å². The van der Waals surface area contributed by atoms with Crippen molar-refractivity contribution in [2.75, 3.05) is 17.1 Å². The first-order valence-electron chi connectivity index (χ1n) is 10.5. The molecule has 0 fully saturated rings. The Kier molecular flexibility index (Phi) is 9.25. The molecule has 10 heteroatoms. The number of hydrogen-bond acceptors (Lipinski definition) is 4. The lowest BCUT2D eigenvalue weighted by atomic mass is 10.1. The number of carbonyl (C=O) groups excluding carboxylic acids is 2. The lowest BCUT2D eigenvalue weighted by Crippen LogP contribution is -2.52. The zero-order valence-corrected chi connectivity index (χ0v) is 20.7. The molecule has 7 nitrogen and oxygen atoms in total. The molecule has 0 saturated carbocycles. The zero-order chi connectivity index (χ0) is 24.8. The predicted molar refractivity (Wildman–Crippen MR) is 128 cm³/mol. The number of amides is 2. The van der Waals surface area contributed by atoms with E-state index in [1.807, 2.05) is 13.8 Å². The highest BCUT2D eigenvalue weighted by Gasteiger charge is 2.30. The number of nitrogens with one attached hydrogen (secondary N) is 1. The van der Waals surface area contributed by atoms with Gasteiger partial charge in [0.1, 0.15) is 18.4 Å². The Labute approximate surface area is 199 Å². The molecule has 1 N–H and O–H groups in total. The molecule has 2 aromatic carbocycles. The molecule has 2 aromatic rings. The van der Waals surface area contributed by atoms with Crippen LogP contribution in [-0.2, 0) is 26.2 Å². The van der Waals surface area contributed by atoms with Crippen LogP contribution in [0.15, 0.2) is 48.5 Å². The van der Waals surface area contributed by atoms with Crippen LogP contribution in [0.1, 0.15) is 32.8 Å². The van der Waals surface area contributed by atoms with Crippen molar-refractivity contribution in [3.63, 3.8) is 0 Å². The van der Waals surface area contributed by atoms with E-state index in [2.05, 4.69) is 5.32 Å². The molecule has 0 saturated heterocycles. The Balaban J connectivity index is 2.38. The smallest absolute Gasteiger partial charge is 0.244 e. The van der Waals surface area contributed by atoms with Crippen LogP contribution in [0.5, 0.6) is 0 Å². The van der Waals surface area contributed by atoms with Crippen molar-refractivity contribution in [2.45, 2.75) is 45.8 Å². The number of anilines is 1. The second kappa shape index (κ2) is 11.5. The van der Waals surface area contributed by atoms with Gasteiger partial charge in [-0.3, -0.25) is 13.9 Å². The third-order valence-corrected chi connectivity index (χ3v) is 6.56. The number of rotatable bonds is 10. The van der Waals surface area contributed by atoms with Crippen LogP contribution >= 0.6 is 11.6 Å². The van der Waals surface area contributed by atoms with Gasteiger partial charge >= 0.3 is 0 Å². The molecule has 180 valence electrons. The van der Waals surface area contributed by atoms with Crippen molar-refractivity contribution in [3.05, 3.63) is 64.9 Å². The average molecular weight is 498 g/mol. The Bertz CT molecular complexity index is 1100. The molecule has 33 heavy (non-hydrogen) atoms. The maximum atomic E-state index is 13.7. The summed E-state index contributed by atoms with van der Waals surface area (Å²) in [5, 5.41) is 3.31. The van der Waals surface area contributed by atoms with Gasteiger partial charge in [-0.2, -0.15) is 0 Å². The van der Waals surface area contributed by atoms with Gasteiger partial charge in [-0.05, 0) is 56.2 Å². The maximum absolute atomic E-state index is 13.7. The van der Waals surface area contributed by atoms with Crippen LogP contribution in [0.4, 0.5) is 10.1 Å². The number of hydrogen-bond donors (Lipinski definition) is 1. The quantitative estimate of drug-likeness (QED) is 0.543. The van der Waals surface area contributed by atoms with Gasteiger partial charge < -0.3 is 10.2 Å². The minimum atomic E-state index is -3.91. The van der Waals surface area contributed by atoms with E-state index >= 15 is 0 Å². The normalized spacial score (nSPS) is 13.2. The molecule has 0 spiro atoms. The van der Waals surface area contributed by atoms with Gasteiger partial charge in [0.25, 0.3) is 0 Å². The van der Waals surface area contributed by atoms with Gasteiger partial charge in [-0.1, -0.05) is 36.7 Å². The third kappa shape index (κ3) is 7.71. The molecule has 0 aliphatic rings. The molecule has 0 heterocycles. The highest BCUT2D eigenvalue weighted by atomic mass is 35.5. The predicted octanol–water partition coefficient (Wildman–Crippen LogP) is 3.58. The summed E-state index contributed by atoms with van der Waals surface area (Å²) in [6, 6.07) is 10.8. The summed E-state index contributed by atoms with van der Waals surface area (Å²) in [5.74, 6) is -1.61. The van der Waals surface area contributed by atoms with Gasteiger partial charge in [0.15, 0.2) is 0 Å². The van der Waals surface area contributed by atoms with Crippen LogP contribution in [0.2, 0.25) is 5.02 Å². The van der Waals surface area contributed by atoms with E-state index in [0.29, 0.717) is 17.0 Å². The second-order valence-electron chi connectivity index (χ2n) is 7.89. The van der Waals surface area contributed by atoms with Crippen LogP contribution in [0.25, 0.3) is 0 Å². The van der Waals surface area contributed by atoms with Crippen molar-refractivity contribution in [1.82, 2.24) is 10.2 Å². The Morgan fingerprint density at radius 3 is 2.36 bits per heavy atom. The van der Waals surface area contributed by atoms with Crippen LogP contribution in [-0.4, -0.2) is 50.0 Å². The first-order chi connectivity index (χ1) is 15.4. The van der Waals surface area contributed by atoms with Crippen LogP contribution in [0, 0.1) is 5.82 Å². The fourth-order valence-corrected chi connectivity index (χ4v) is 4.18. The number of carbonyl (C=O) groups is 2. The summed E-state index contributed by atoms with van der Waals surface area (Å²) >= 11 is 6.07. The van der Waals surface area contributed by atoms with E-state index in [1.165, 1.54) is 23.1 Å². The summed E-state index contributed by atoms with van der Waals surface area (Å²) in [4.78, 5) is 27.5. The lowest BCUT2D eigenvalue weighted by Gasteiger charge is -2.32. The third-order valence-electron chi connectivity index (χ3n) is 5.19. The van der Waals surface area contributed by atoms with Gasteiger partial charge in [-0.25, -0.2) is 12.8 Å². The maximum Gasteiger partial charge on any atom is 0.244 e. The average Bonchev–Trinajstić information content (AvgIpc) is 2.74. The first-order valence-corrected chi connectivity index (χ1v) is 12.7. The summed E-state index contributed by atoms with van der Waals surface area (Å²) in [7, 11) is -3.91. The standard InChI is InChI=1S/C23H29ClFN3O4S/c1-5-16(2)26-23(30)17(3)27(14-18-8-6-9-19(24)12-18)22(29)15-28(33(4,31)32)21-11-7-10-20(25)13-21/h6-13,16-17H,5,14-15H2,1-4H3,(H,26,30)/t16-,17+/m0/s1. The van der Waals surface area contributed by atoms with Gasteiger partial charge in [0, 0.05) is 17.6 Å². The van der Waals surface area contributed by atoms with Crippen LogP contribution in [0.3, 0.4) is 0 Å². The van der Waals surface area contributed by atoms with Crippen LogP contribution < -0.4 is 9.62 Å². The van der Waals surface area contributed by atoms with Crippen molar-refractivity contribution < 1.29 is 22.4 Å². The van der Waals surface area contributed by atoms with E-state index in [-0.39, 0.29) is 24.2 Å². The Morgan fingerprint density at radius 2 is 1.79 bits per heavy atom. The molecule has 0 radical (unpaired) electrons. The highest BCUT2D eigenvalue weighted by molar-refractivity contribution is 7.92. The van der Waals surface area contributed by atoms with E-state index in [1.54, 1.807) is 31.2 Å². The molecule has 0 aromatic heterocycles. The number of halogens is 2. The van der Waals surface area contributed by atoms with E-state index in [0.717, 1.165) is 16.6 Å². The highest BCUT2D eigenvalue weighted by Crippen LogP contribution is 2.20. The summed E-state index contributed by atoms with van der Waals surface area (Å²) in [6.45, 7) is 4.79. The monoisotopic (exact) mass is 497 g/mol. The van der Waals surface area contributed by atoms with E-state index in [9.17, 15) is 22.4 Å². The van der Waals surface area contributed by atoms with Crippen molar-refractivity contribution in [3.8, 4) is 0 Å². The topological polar surface area (TPSA) is 86.8 Å². The molecular weight excluding hydrogens is 469 g/mol. The number of benzene rings is 2. The first kappa shape index (κ1) is 26.6. The summed E-state index contributed by atoms with van der Waals surface area (Å²) < 4.78 is 39.4. The van der Waals surface area contributed by atoms with Crippen molar-refractivity contribution in [2.24, 2.45) is 0 Å². The largest absolute Gasteiger partial charge is 0.352 e. The summed E-state index contributed by atoms with van der Waals surface area (Å²) in [5.41, 5.74) is 0.695. The number of nitrogens with zero attached hydrogens (tertiary/aromatic N) is 2. The summed E-state index contributed by atoms with van der Waals surface area (Å²) in [6.07, 6.45) is 1.65.